The van der Waals surface area contributed by atoms with Gasteiger partial charge in [0.05, 0.1) is 37.7 Å². The molecule has 0 atom stereocenters. The van der Waals surface area contributed by atoms with Crippen LogP contribution in [0.15, 0.2) is 52.5 Å². The van der Waals surface area contributed by atoms with Crippen LogP contribution in [0.1, 0.15) is 12.0 Å². The van der Waals surface area contributed by atoms with E-state index in [0.717, 1.165) is 55.5 Å². The Morgan fingerprint density at radius 2 is 2.06 bits per heavy atom. The number of morpholine rings is 1. The molecular formula is C24H27BrFN5O3. The van der Waals surface area contributed by atoms with Crippen molar-refractivity contribution in [1.82, 2.24) is 9.91 Å². The number of nitrogens with zero attached hydrogens (tertiary/aromatic N) is 3. The van der Waals surface area contributed by atoms with Crippen molar-refractivity contribution in [2.45, 2.75) is 13.0 Å². The molecule has 2 aromatic rings. The largest absolute Gasteiger partial charge is 0.491 e. The van der Waals surface area contributed by atoms with Gasteiger partial charge in [0, 0.05) is 35.7 Å². The Morgan fingerprint density at radius 1 is 1.29 bits per heavy atom. The maximum Gasteiger partial charge on any atom is 0.247 e. The molecule has 10 heteroatoms. The molecule has 1 saturated heterocycles. The normalized spacial score (nSPS) is 15.5. The first-order valence-corrected chi connectivity index (χ1v) is 11.9. The minimum absolute atomic E-state index is 0.00397. The second-order valence-electron chi connectivity index (χ2n) is 7.90. The number of nitrogens with one attached hydrogen (secondary N) is 2. The quantitative estimate of drug-likeness (QED) is 0.370. The lowest BCUT2D eigenvalue weighted by atomic mass is 10.1. The van der Waals surface area contributed by atoms with Crippen LogP contribution in [0.4, 0.5) is 21.5 Å². The molecule has 2 aliphatic heterocycles. The Labute approximate surface area is 206 Å². The standard InChI is InChI=1S/C24H27BrFN5O3/c1-2-22(32)28-24-21(34-11-3-8-30-9-12-33-13-10-30)14-20-19(23(24)26)15-31(16-27-20)29-18-6-4-17(25)5-7-18/h2,4-7,14,16,29H,1,3,8-13,15H2,(H,28,32). The van der Waals surface area contributed by atoms with Gasteiger partial charge in [-0.25, -0.2) is 9.38 Å². The van der Waals surface area contributed by atoms with Gasteiger partial charge in [-0.1, -0.05) is 22.5 Å². The zero-order valence-electron chi connectivity index (χ0n) is 18.7. The fourth-order valence-electron chi connectivity index (χ4n) is 3.72. The molecule has 34 heavy (non-hydrogen) atoms. The first kappa shape index (κ1) is 24.2. The van der Waals surface area contributed by atoms with E-state index in [4.69, 9.17) is 9.47 Å². The number of halogens is 2. The molecule has 180 valence electrons. The molecule has 0 unspecified atom stereocenters. The van der Waals surface area contributed by atoms with Crippen molar-refractivity contribution in [2.24, 2.45) is 4.99 Å². The second kappa shape index (κ2) is 11.5. The summed E-state index contributed by atoms with van der Waals surface area (Å²) in [5.74, 6) is -0.837. The first-order chi connectivity index (χ1) is 16.5. The molecule has 2 aliphatic rings. The average Bonchev–Trinajstić information content (AvgIpc) is 2.86. The number of aliphatic imine (C=N–C) groups is 1. The molecule has 0 aromatic heterocycles. The van der Waals surface area contributed by atoms with Crippen LogP contribution < -0.4 is 15.5 Å². The van der Waals surface area contributed by atoms with Gasteiger partial charge in [0.15, 0.2) is 5.82 Å². The van der Waals surface area contributed by atoms with Gasteiger partial charge in [-0.3, -0.25) is 20.1 Å². The summed E-state index contributed by atoms with van der Waals surface area (Å²) in [6, 6.07) is 9.27. The van der Waals surface area contributed by atoms with E-state index >= 15 is 4.39 Å². The van der Waals surface area contributed by atoms with Gasteiger partial charge in [0.1, 0.15) is 17.8 Å². The highest BCUT2D eigenvalue weighted by Crippen LogP contribution is 2.39. The predicted octanol–water partition coefficient (Wildman–Crippen LogP) is 4.32. The summed E-state index contributed by atoms with van der Waals surface area (Å²) in [6.07, 6.45) is 3.47. The molecule has 0 bridgehead atoms. The third-order valence-electron chi connectivity index (χ3n) is 5.50. The van der Waals surface area contributed by atoms with Crippen LogP contribution in [0.2, 0.25) is 0 Å². The van der Waals surface area contributed by atoms with Crippen molar-refractivity contribution >= 4 is 45.2 Å². The van der Waals surface area contributed by atoms with E-state index in [1.54, 1.807) is 17.4 Å². The number of rotatable bonds is 9. The summed E-state index contributed by atoms with van der Waals surface area (Å²) in [6.45, 7) is 8.19. The van der Waals surface area contributed by atoms with Crippen molar-refractivity contribution in [3.8, 4) is 5.75 Å². The van der Waals surface area contributed by atoms with Crippen LogP contribution in [0.25, 0.3) is 0 Å². The number of ether oxygens (including phenoxy) is 2. The van der Waals surface area contributed by atoms with Crippen LogP contribution in [-0.4, -0.2) is 61.6 Å². The van der Waals surface area contributed by atoms with E-state index in [1.165, 1.54) is 0 Å². The van der Waals surface area contributed by atoms with Gasteiger partial charge in [-0.15, -0.1) is 0 Å². The summed E-state index contributed by atoms with van der Waals surface area (Å²) in [5.41, 5.74) is 4.83. The highest BCUT2D eigenvalue weighted by atomic mass is 79.9. The van der Waals surface area contributed by atoms with Crippen LogP contribution in [0.5, 0.6) is 5.75 Å². The Morgan fingerprint density at radius 3 is 2.79 bits per heavy atom. The van der Waals surface area contributed by atoms with E-state index in [2.05, 4.69) is 43.1 Å². The Kier molecular flexibility index (Phi) is 8.15. The fraction of sp³-hybridized carbons (Fsp3) is 0.333. The van der Waals surface area contributed by atoms with Crippen molar-refractivity contribution in [3.05, 3.63) is 58.8 Å². The molecule has 0 radical (unpaired) electrons. The lowest BCUT2D eigenvalue weighted by Crippen LogP contribution is -2.37. The van der Waals surface area contributed by atoms with E-state index in [9.17, 15) is 4.79 Å². The van der Waals surface area contributed by atoms with Gasteiger partial charge in [-0.2, -0.15) is 0 Å². The Bertz CT molecular complexity index is 1060. The molecule has 2 N–H and O–H groups in total. The van der Waals surface area contributed by atoms with Gasteiger partial charge in [-0.05, 0) is 36.8 Å². The number of hydrogen-bond acceptors (Lipinski definition) is 7. The third kappa shape index (κ3) is 6.13. The SMILES string of the molecule is C=CC(=O)Nc1c(OCCCN2CCOCC2)cc2c(c1F)CN(Nc1ccc(Br)cc1)C=N2. The molecule has 0 aliphatic carbocycles. The Hall–Kier alpha value is -2.95. The van der Waals surface area contributed by atoms with Crippen molar-refractivity contribution in [3.63, 3.8) is 0 Å². The van der Waals surface area contributed by atoms with Gasteiger partial charge >= 0.3 is 0 Å². The van der Waals surface area contributed by atoms with Crippen molar-refractivity contribution in [2.75, 3.05) is 50.2 Å². The van der Waals surface area contributed by atoms with Crippen LogP contribution in [0.3, 0.4) is 0 Å². The first-order valence-electron chi connectivity index (χ1n) is 11.1. The maximum absolute atomic E-state index is 15.6. The number of hydrogen-bond donors (Lipinski definition) is 2. The summed E-state index contributed by atoms with van der Waals surface area (Å²) in [7, 11) is 0. The third-order valence-corrected chi connectivity index (χ3v) is 6.03. The molecule has 0 spiro atoms. The second-order valence-corrected chi connectivity index (χ2v) is 8.82. The monoisotopic (exact) mass is 531 g/mol. The van der Waals surface area contributed by atoms with Crippen LogP contribution >= 0.6 is 15.9 Å². The lowest BCUT2D eigenvalue weighted by molar-refractivity contribution is -0.111. The number of fused-ring (bicyclic) bond motifs is 1. The molecule has 1 amide bonds. The smallest absolute Gasteiger partial charge is 0.247 e. The summed E-state index contributed by atoms with van der Waals surface area (Å²) >= 11 is 3.41. The molecular weight excluding hydrogens is 505 g/mol. The van der Waals surface area contributed by atoms with Crippen molar-refractivity contribution in [1.29, 1.82) is 0 Å². The zero-order chi connectivity index (χ0) is 23.9. The molecule has 8 nitrogen and oxygen atoms in total. The summed E-state index contributed by atoms with van der Waals surface area (Å²) in [5, 5.41) is 4.24. The molecule has 2 heterocycles. The van der Waals surface area contributed by atoms with Gasteiger partial charge in [0.25, 0.3) is 0 Å². The lowest BCUT2D eigenvalue weighted by Gasteiger charge is -2.28. The van der Waals surface area contributed by atoms with Crippen LogP contribution in [0, 0.1) is 5.82 Å². The fourth-order valence-corrected chi connectivity index (χ4v) is 3.99. The van der Waals surface area contributed by atoms with Crippen molar-refractivity contribution < 1.29 is 18.7 Å². The highest BCUT2D eigenvalue weighted by Gasteiger charge is 2.24. The average molecular weight is 532 g/mol. The minimum Gasteiger partial charge on any atom is -0.491 e. The van der Waals surface area contributed by atoms with Gasteiger partial charge < -0.3 is 14.8 Å². The number of carbonyl (C=O) groups excluding carboxylic acids is 1. The van der Waals surface area contributed by atoms with E-state index in [0.29, 0.717) is 17.9 Å². The number of benzene rings is 2. The zero-order valence-corrected chi connectivity index (χ0v) is 20.3. The molecule has 1 fully saturated rings. The Balaban J connectivity index is 1.48. The summed E-state index contributed by atoms with van der Waals surface area (Å²) < 4.78 is 27.8. The number of carbonyl (C=O) groups is 1. The maximum atomic E-state index is 15.6. The molecule has 2 aromatic carbocycles. The highest BCUT2D eigenvalue weighted by molar-refractivity contribution is 9.10. The number of anilines is 2. The van der Waals surface area contributed by atoms with E-state index < -0.39 is 11.7 Å². The molecule has 0 saturated carbocycles. The number of hydrazine groups is 1. The van der Waals surface area contributed by atoms with Crippen LogP contribution in [-0.2, 0) is 16.1 Å². The van der Waals surface area contributed by atoms with E-state index in [-0.39, 0.29) is 18.0 Å². The predicted molar refractivity (Wildman–Crippen MR) is 134 cm³/mol. The summed E-state index contributed by atoms with van der Waals surface area (Å²) in [4.78, 5) is 18.7. The van der Waals surface area contributed by atoms with E-state index in [1.807, 2.05) is 24.3 Å². The molecule has 4 rings (SSSR count). The topological polar surface area (TPSA) is 78.4 Å². The number of amides is 1. The minimum atomic E-state index is -0.574. The van der Waals surface area contributed by atoms with Gasteiger partial charge in [0.2, 0.25) is 5.91 Å².